The van der Waals surface area contributed by atoms with Gasteiger partial charge in [0.2, 0.25) is 17.8 Å². The van der Waals surface area contributed by atoms with Crippen molar-refractivity contribution in [2.45, 2.75) is 38.5 Å². The number of aryl methyl sites for hydroxylation is 1. The van der Waals surface area contributed by atoms with Crippen LogP contribution in [0.2, 0.25) is 0 Å². The first-order chi connectivity index (χ1) is 19.4. The predicted octanol–water partition coefficient (Wildman–Crippen LogP) is 6.03. The molecule has 4 rings (SSSR count). The van der Waals surface area contributed by atoms with Crippen LogP contribution in [0.25, 0.3) is 11.3 Å². The van der Waals surface area contributed by atoms with Crippen molar-refractivity contribution in [2.24, 2.45) is 0 Å². The molecule has 1 fully saturated rings. The number of hydrogen-bond donors (Lipinski definition) is 0. The van der Waals surface area contributed by atoms with Gasteiger partial charge in [0, 0.05) is 33.2 Å². The van der Waals surface area contributed by atoms with Crippen molar-refractivity contribution in [2.75, 3.05) is 50.1 Å². The van der Waals surface area contributed by atoms with Crippen LogP contribution in [0.15, 0.2) is 54.7 Å². The van der Waals surface area contributed by atoms with E-state index >= 15 is 0 Å². The predicted molar refractivity (Wildman–Crippen MR) is 148 cm³/mol. The van der Waals surface area contributed by atoms with E-state index < -0.39 is 40.4 Å². The number of nitrogens with zero attached hydrogens (tertiary/aromatic N) is 4. The number of aromatic nitrogens is 1. The Bertz CT molecular complexity index is 1450. The van der Waals surface area contributed by atoms with Gasteiger partial charge in [-0.1, -0.05) is 18.2 Å². The van der Waals surface area contributed by atoms with Crippen LogP contribution in [-0.4, -0.2) is 51.1 Å². The van der Waals surface area contributed by atoms with Crippen LogP contribution in [0, 0.1) is 12.1 Å². The maximum absolute atomic E-state index is 13.8. The summed E-state index contributed by atoms with van der Waals surface area (Å²) in [7, 11) is 3.33. The van der Waals surface area contributed by atoms with Gasteiger partial charge in [0.1, 0.15) is 11.4 Å². The molecule has 0 aliphatic carbocycles. The van der Waals surface area contributed by atoms with Crippen LogP contribution in [0.5, 0.6) is 0 Å². The molecule has 42 heavy (non-hydrogen) atoms. The standard InChI is InChI=1S/C30H32F6N4O2/c1-19-8-6-7-9-24(19)26-25(39-12-10-37(4)11-13-39)17-23(18-40(26)42)38(5)27(41)28(2,3)20-14-21(29(31,32)33)16-22(15-20)30(34,35)36/h6-9,14-18H,10-13H2,1-5H3. The molecule has 1 aliphatic heterocycles. The minimum atomic E-state index is -5.06. The Balaban J connectivity index is 1.81. The normalized spacial score (nSPS) is 15.2. The lowest BCUT2D eigenvalue weighted by Gasteiger charge is -2.35. The molecule has 1 aliphatic rings. The molecule has 0 N–H and O–H groups in total. The smallest absolute Gasteiger partial charge is 0.416 e. The van der Waals surface area contributed by atoms with E-state index in [0.29, 0.717) is 46.9 Å². The number of carbonyl (C=O) groups excluding carboxylic acids is 1. The van der Waals surface area contributed by atoms with Crippen molar-refractivity contribution in [1.82, 2.24) is 4.90 Å². The van der Waals surface area contributed by atoms with Crippen molar-refractivity contribution in [3.63, 3.8) is 0 Å². The van der Waals surface area contributed by atoms with E-state index in [9.17, 15) is 36.3 Å². The van der Waals surface area contributed by atoms with Crippen molar-refractivity contribution < 1.29 is 35.9 Å². The Hall–Kier alpha value is -3.80. The molecule has 226 valence electrons. The maximum atomic E-state index is 13.8. The summed E-state index contributed by atoms with van der Waals surface area (Å²) < 4.78 is 81.9. The van der Waals surface area contributed by atoms with Gasteiger partial charge in [0.15, 0.2) is 0 Å². The highest BCUT2D eigenvalue weighted by molar-refractivity contribution is 6.00. The molecule has 0 radical (unpaired) electrons. The van der Waals surface area contributed by atoms with Gasteiger partial charge in [-0.3, -0.25) is 4.79 Å². The molecule has 0 unspecified atom stereocenters. The zero-order valence-corrected chi connectivity index (χ0v) is 23.9. The summed E-state index contributed by atoms with van der Waals surface area (Å²) in [5.74, 6) is -0.789. The van der Waals surface area contributed by atoms with E-state index in [4.69, 9.17) is 0 Å². The SMILES string of the molecule is Cc1ccccc1-c1c(N2CCN(C)CC2)cc(N(C)C(=O)C(C)(C)c2cc(C(F)(F)F)cc(C(F)(F)F)c2)c[n+]1[O-]. The second-order valence-electron chi connectivity index (χ2n) is 11.1. The third-order valence-corrected chi connectivity index (χ3v) is 7.78. The molecule has 0 saturated carbocycles. The van der Waals surface area contributed by atoms with E-state index in [2.05, 4.69) is 4.90 Å². The van der Waals surface area contributed by atoms with E-state index in [-0.39, 0.29) is 11.8 Å². The number of likely N-dealkylation sites (N-methyl/N-ethyl adjacent to an activating group) is 2. The summed E-state index contributed by atoms with van der Waals surface area (Å²) in [5, 5.41) is 13.6. The summed E-state index contributed by atoms with van der Waals surface area (Å²) in [6.45, 7) is 7.06. The average Bonchev–Trinajstić information content (AvgIpc) is 2.91. The number of alkyl halides is 6. The zero-order chi connectivity index (χ0) is 31.2. The molecule has 1 saturated heterocycles. The molecule has 2 heterocycles. The highest BCUT2D eigenvalue weighted by Crippen LogP contribution is 2.40. The van der Waals surface area contributed by atoms with Crippen LogP contribution < -0.4 is 14.5 Å². The van der Waals surface area contributed by atoms with Gasteiger partial charge >= 0.3 is 12.4 Å². The van der Waals surface area contributed by atoms with Crippen molar-refractivity contribution >= 4 is 17.3 Å². The number of piperazine rings is 1. The highest BCUT2D eigenvalue weighted by Gasteiger charge is 2.41. The number of carbonyl (C=O) groups is 1. The van der Waals surface area contributed by atoms with E-state index in [0.717, 1.165) is 23.6 Å². The van der Waals surface area contributed by atoms with Gasteiger partial charge in [-0.25, -0.2) is 0 Å². The monoisotopic (exact) mass is 594 g/mol. The summed E-state index contributed by atoms with van der Waals surface area (Å²) in [6.07, 6.45) is -8.92. The fourth-order valence-electron chi connectivity index (χ4n) is 5.09. The molecule has 0 bridgehead atoms. The summed E-state index contributed by atoms with van der Waals surface area (Å²) in [5.41, 5.74) is -2.61. The summed E-state index contributed by atoms with van der Waals surface area (Å²) in [4.78, 5) is 19.0. The van der Waals surface area contributed by atoms with E-state index in [1.807, 2.05) is 43.1 Å². The molecule has 0 spiro atoms. The Morgan fingerprint density at radius 3 is 1.93 bits per heavy atom. The molecule has 3 aromatic rings. The Morgan fingerprint density at radius 1 is 0.881 bits per heavy atom. The van der Waals surface area contributed by atoms with Crippen LogP contribution in [0.4, 0.5) is 37.7 Å². The molecule has 1 aromatic heterocycles. The molecule has 2 aromatic carbocycles. The average molecular weight is 595 g/mol. The van der Waals surface area contributed by atoms with Crippen molar-refractivity contribution in [3.05, 3.63) is 82.2 Å². The minimum Gasteiger partial charge on any atom is -0.618 e. The second-order valence-corrected chi connectivity index (χ2v) is 11.1. The van der Waals surface area contributed by atoms with E-state index in [1.165, 1.54) is 27.1 Å². The first kappa shape index (κ1) is 31.1. The lowest BCUT2D eigenvalue weighted by Crippen LogP contribution is -2.46. The fraction of sp³-hybridized carbons (Fsp3) is 0.400. The number of anilines is 2. The number of pyridine rings is 1. The fourth-order valence-corrected chi connectivity index (χ4v) is 5.09. The van der Waals surface area contributed by atoms with Gasteiger partial charge in [0.25, 0.3) is 0 Å². The topological polar surface area (TPSA) is 53.7 Å². The second kappa shape index (κ2) is 11.1. The molecule has 12 heteroatoms. The zero-order valence-electron chi connectivity index (χ0n) is 23.9. The van der Waals surface area contributed by atoms with Crippen molar-refractivity contribution in [1.29, 1.82) is 0 Å². The quantitative estimate of drug-likeness (QED) is 0.206. The number of halogens is 6. The Kier molecular flexibility index (Phi) is 8.25. The molecule has 6 nitrogen and oxygen atoms in total. The Labute approximate surface area is 240 Å². The molecular weight excluding hydrogens is 562 g/mol. The number of hydrogen-bond acceptors (Lipinski definition) is 4. The summed E-state index contributed by atoms with van der Waals surface area (Å²) >= 11 is 0. The van der Waals surface area contributed by atoms with Gasteiger partial charge in [-0.05, 0) is 69.3 Å². The van der Waals surface area contributed by atoms with Gasteiger partial charge in [-0.2, -0.15) is 31.1 Å². The number of benzene rings is 2. The first-order valence-corrected chi connectivity index (χ1v) is 13.3. The maximum Gasteiger partial charge on any atom is 0.416 e. The van der Waals surface area contributed by atoms with E-state index in [1.54, 1.807) is 6.07 Å². The molecule has 1 amide bonds. The highest BCUT2D eigenvalue weighted by atomic mass is 19.4. The lowest BCUT2D eigenvalue weighted by molar-refractivity contribution is -0.592. The van der Waals surface area contributed by atoms with Crippen LogP contribution in [0.3, 0.4) is 0 Å². The van der Waals surface area contributed by atoms with Crippen LogP contribution >= 0.6 is 0 Å². The lowest BCUT2D eigenvalue weighted by atomic mass is 9.81. The first-order valence-electron chi connectivity index (χ1n) is 13.3. The largest absolute Gasteiger partial charge is 0.618 e. The third kappa shape index (κ3) is 6.18. The van der Waals surface area contributed by atoms with Crippen LogP contribution in [0.1, 0.15) is 36.1 Å². The Morgan fingerprint density at radius 2 is 1.40 bits per heavy atom. The van der Waals surface area contributed by atoms with Crippen molar-refractivity contribution in [3.8, 4) is 11.3 Å². The number of amides is 1. The molecule has 0 atom stereocenters. The minimum absolute atomic E-state index is 0.0285. The third-order valence-electron chi connectivity index (χ3n) is 7.78. The van der Waals surface area contributed by atoms with Gasteiger partial charge in [0.05, 0.1) is 22.1 Å². The van der Waals surface area contributed by atoms with Crippen LogP contribution in [-0.2, 0) is 22.6 Å². The van der Waals surface area contributed by atoms with Gasteiger partial charge < -0.3 is 19.9 Å². The summed E-state index contributed by atoms with van der Waals surface area (Å²) in [6, 6.07) is 10.2. The number of rotatable bonds is 5. The molecular formula is C30H32F6N4O2. The van der Waals surface area contributed by atoms with Gasteiger partial charge in [-0.15, -0.1) is 0 Å².